The highest BCUT2D eigenvalue weighted by atomic mass is 32.1. The second kappa shape index (κ2) is 6.14. The number of hydrogen-bond acceptors (Lipinski definition) is 5. The minimum atomic E-state index is -0.931. The molecule has 0 spiro atoms. The van der Waals surface area contributed by atoms with Crippen LogP contribution in [0.2, 0.25) is 0 Å². The van der Waals surface area contributed by atoms with Crippen molar-refractivity contribution in [3.63, 3.8) is 0 Å². The van der Waals surface area contributed by atoms with Gasteiger partial charge in [0, 0.05) is 5.38 Å². The maximum Gasteiger partial charge on any atom is 0.309 e. The first kappa shape index (κ1) is 13.3. The number of carbonyl (C=O) groups is 2. The molecule has 2 heterocycles. The molecule has 0 fully saturated rings. The fourth-order valence-corrected chi connectivity index (χ4v) is 2.26. The first-order chi connectivity index (χ1) is 9.13. The Hall–Kier alpha value is -2.15. The number of furan rings is 1. The quantitative estimate of drug-likeness (QED) is 0.830. The van der Waals surface area contributed by atoms with Gasteiger partial charge in [-0.1, -0.05) is 0 Å². The van der Waals surface area contributed by atoms with Gasteiger partial charge in [0.2, 0.25) is 5.91 Å². The van der Waals surface area contributed by atoms with Crippen LogP contribution in [0.15, 0.2) is 28.2 Å². The minimum absolute atomic E-state index is 0.121. The summed E-state index contributed by atoms with van der Waals surface area (Å²) >= 11 is 1.28. The third-order valence-electron chi connectivity index (χ3n) is 2.28. The molecule has 6 nitrogen and oxygen atoms in total. The summed E-state index contributed by atoms with van der Waals surface area (Å²) in [5.41, 5.74) is 0.478. The first-order valence-corrected chi connectivity index (χ1v) is 6.45. The summed E-state index contributed by atoms with van der Waals surface area (Å²) in [7, 11) is 0. The van der Waals surface area contributed by atoms with Crippen LogP contribution in [0.1, 0.15) is 16.5 Å². The van der Waals surface area contributed by atoms with E-state index in [0.29, 0.717) is 23.0 Å². The first-order valence-electron chi connectivity index (χ1n) is 5.57. The van der Waals surface area contributed by atoms with Crippen LogP contribution in [-0.4, -0.2) is 22.0 Å². The monoisotopic (exact) mass is 280 g/mol. The van der Waals surface area contributed by atoms with E-state index in [1.165, 1.54) is 11.3 Å². The largest absolute Gasteiger partial charge is 0.481 e. The van der Waals surface area contributed by atoms with E-state index in [-0.39, 0.29) is 18.7 Å². The van der Waals surface area contributed by atoms with Crippen molar-refractivity contribution in [1.29, 1.82) is 0 Å². The summed E-state index contributed by atoms with van der Waals surface area (Å²) in [6, 6.07) is 3.52. The number of aliphatic carboxylic acids is 1. The number of nitrogens with zero attached hydrogens (tertiary/aromatic N) is 1. The Bertz CT molecular complexity index is 562. The summed E-state index contributed by atoms with van der Waals surface area (Å²) in [5.74, 6) is -0.425. The van der Waals surface area contributed by atoms with Gasteiger partial charge < -0.3 is 14.8 Å². The van der Waals surface area contributed by atoms with E-state index in [2.05, 4.69) is 10.3 Å². The second-order valence-electron chi connectivity index (χ2n) is 3.84. The zero-order valence-electron chi connectivity index (χ0n) is 9.96. The van der Waals surface area contributed by atoms with Crippen LogP contribution in [0.4, 0.5) is 0 Å². The Morgan fingerprint density at radius 3 is 2.95 bits per heavy atom. The van der Waals surface area contributed by atoms with Gasteiger partial charge in [-0.05, 0) is 12.1 Å². The van der Waals surface area contributed by atoms with Crippen molar-refractivity contribution in [1.82, 2.24) is 10.3 Å². The van der Waals surface area contributed by atoms with E-state index in [4.69, 9.17) is 9.52 Å². The number of carboxylic acid groups (broad SMARTS) is 1. The molecular formula is C12H12N2O4S. The van der Waals surface area contributed by atoms with E-state index in [0.717, 1.165) is 0 Å². The highest BCUT2D eigenvalue weighted by Crippen LogP contribution is 2.11. The molecular weight excluding hydrogens is 268 g/mol. The van der Waals surface area contributed by atoms with Crippen molar-refractivity contribution < 1.29 is 19.1 Å². The fraction of sp³-hybridized carbons (Fsp3) is 0.250. The molecule has 7 heteroatoms. The lowest BCUT2D eigenvalue weighted by atomic mass is 10.3. The minimum Gasteiger partial charge on any atom is -0.481 e. The molecule has 0 aliphatic heterocycles. The van der Waals surface area contributed by atoms with Gasteiger partial charge in [-0.2, -0.15) is 0 Å². The van der Waals surface area contributed by atoms with Crippen LogP contribution >= 0.6 is 11.3 Å². The molecule has 0 aromatic carbocycles. The molecule has 2 aromatic rings. The van der Waals surface area contributed by atoms with E-state index >= 15 is 0 Å². The molecule has 2 N–H and O–H groups in total. The average molecular weight is 280 g/mol. The Labute approximate surface area is 113 Å². The van der Waals surface area contributed by atoms with Crippen molar-refractivity contribution in [2.24, 2.45) is 0 Å². The van der Waals surface area contributed by atoms with Crippen LogP contribution in [0.25, 0.3) is 0 Å². The number of aromatic nitrogens is 1. The lowest BCUT2D eigenvalue weighted by Gasteiger charge is -2.00. The third kappa shape index (κ3) is 4.22. The lowest BCUT2D eigenvalue weighted by molar-refractivity contribution is -0.136. The Kier molecular flexibility index (Phi) is 4.30. The van der Waals surface area contributed by atoms with Crippen LogP contribution in [-0.2, 0) is 29.0 Å². The van der Waals surface area contributed by atoms with Crippen molar-refractivity contribution >= 4 is 23.2 Å². The molecule has 0 unspecified atom stereocenters. The number of amides is 1. The number of nitrogens with one attached hydrogen (secondary N) is 1. The molecule has 0 saturated heterocycles. The van der Waals surface area contributed by atoms with Gasteiger partial charge >= 0.3 is 5.97 Å². The molecule has 0 atom stereocenters. The highest BCUT2D eigenvalue weighted by molar-refractivity contribution is 7.09. The standard InChI is InChI=1S/C12H12N2O4S/c15-10(13-6-9-2-1-3-18-9)5-11-14-8(7-19-11)4-12(16)17/h1-3,7H,4-6H2,(H,13,15)(H,16,17). The zero-order valence-corrected chi connectivity index (χ0v) is 10.8. The number of carboxylic acids is 1. The Morgan fingerprint density at radius 2 is 2.26 bits per heavy atom. The normalized spacial score (nSPS) is 10.3. The van der Waals surface area contributed by atoms with Crippen LogP contribution < -0.4 is 5.32 Å². The molecule has 1 amide bonds. The fourth-order valence-electron chi connectivity index (χ4n) is 1.46. The van der Waals surface area contributed by atoms with E-state index < -0.39 is 5.97 Å². The van der Waals surface area contributed by atoms with Crippen molar-refractivity contribution in [2.45, 2.75) is 19.4 Å². The number of thiazole rings is 1. The summed E-state index contributed by atoms with van der Waals surface area (Å²) < 4.78 is 5.09. The van der Waals surface area contributed by atoms with Crippen LogP contribution in [0.5, 0.6) is 0 Å². The summed E-state index contributed by atoms with van der Waals surface area (Å²) in [6.45, 7) is 0.333. The zero-order chi connectivity index (χ0) is 13.7. The Balaban J connectivity index is 1.81. The SMILES string of the molecule is O=C(O)Cc1csc(CC(=O)NCc2ccco2)n1. The van der Waals surface area contributed by atoms with Gasteiger partial charge in [0.25, 0.3) is 0 Å². The van der Waals surface area contributed by atoms with Crippen molar-refractivity contribution in [3.05, 3.63) is 40.2 Å². The van der Waals surface area contributed by atoms with Gasteiger partial charge in [0.15, 0.2) is 0 Å². The van der Waals surface area contributed by atoms with E-state index in [1.807, 2.05) is 0 Å². The molecule has 2 rings (SSSR count). The van der Waals surface area contributed by atoms with Gasteiger partial charge in [0.05, 0.1) is 31.3 Å². The maximum atomic E-state index is 11.6. The van der Waals surface area contributed by atoms with E-state index in [1.54, 1.807) is 23.8 Å². The summed E-state index contributed by atoms with van der Waals surface area (Å²) in [4.78, 5) is 26.2. The number of carbonyl (C=O) groups excluding carboxylic acids is 1. The topological polar surface area (TPSA) is 92.4 Å². The lowest BCUT2D eigenvalue weighted by Crippen LogP contribution is -2.24. The third-order valence-corrected chi connectivity index (χ3v) is 3.18. The van der Waals surface area contributed by atoms with Crippen molar-refractivity contribution in [3.8, 4) is 0 Å². The van der Waals surface area contributed by atoms with Crippen molar-refractivity contribution in [2.75, 3.05) is 0 Å². The molecule has 0 bridgehead atoms. The van der Waals surface area contributed by atoms with Gasteiger partial charge in [-0.15, -0.1) is 11.3 Å². The molecule has 0 aliphatic carbocycles. The van der Waals surface area contributed by atoms with Gasteiger partial charge in [0.1, 0.15) is 10.8 Å². The maximum absolute atomic E-state index is 11.6. The number of hydrogen-bond donors (Lipinski definition) is 2. The highest BCUT2D eigenvalue weighted by Gasteiger charge is 2.10. The van der Waals surface area contributed by atoms with E-state index in [9.17, 15) is 9.59 Å². The smallest absolute Gasteiger partial charge is 0.309 e. The summed E-state index contributed by atoms with van der Waals surface area (Å²) in [5, 5.41) is 13.6. The Morgan fingerprint density at radius 1 is 1.42 bits per heavy atom. The predicted molar refractivity (Wildman–Crippen MR) is 67.7 cm³/mol. The molecule has 100 valence electrons. The van der Waals surface area contributed by atoms with Crippen LogP contribution in [0, 0.1) is 0 Å². The van der Waals surface area contributed by atoms with Gasteiger partial charge in [-0.3, -0.25) is 9.59 Å². The molecule has 19 heavy (non-hydrogen) atoms. The molecule has 0 radical (unpaired) electrons. The molecule has 0 aliphatic rings. The summed E-state index contributed by atoms with van der Waals surface area (Å²) in [6.07, 6.45) is 1.57. The number of rotatable bonds is 6. The average Bonchev–Trinajstić information content (AvgIpc) is 2.97. The molecule has 2 aromatic heterocycles. The van der Waals surface area contributed by atoms with Crippen LogP contribution in [0.3, 0.4) is 0 Å². The predicted octanol–water partition coefficient (Wildman–Crippen LogP) is 1.22. The molecule has 0 saturated carbocycles. The van der Waals surface area contributed by atoms with Gasteiger partial charge in [-0.25, -0.2) is 4.98 Å². The second-order valence-corrected chi connectivity index (χ2v) is 4.78.